The van der Waals surface area contributed by atoms with Crippen molar-refractivity contribution in [1.82, 2.24) is 4.90 Å². The van der Waals surface area contributed by atoms with Gasteiger partial charge in [-0.05, 0) is 47.2 Å². The zero-order valence-corrected chi connectivity index (χ0v) is 14.7. The molecule has 6 heteroatoms. The van der Waals surface area contributed by atoms with Gasteiger partial charge in [-0.25, -0.2) is 4.39 Å². The highest BCUT2D eigenvalue weighted by molar-refractivity contribution is 7.80. The van der Waals surface area contributed by atoms with E-state index < -0.39 is 0 Å². The van der Waals surface area contributed by atoms with Crippen LogP contribution in [-0.2, 0) is 13.1 Å². The summed E-state index contributed by atoms with van der Waals surface area (Å²) in [6.45, 7) is 1.41. The zero-order valence-electron chi connectivity index (χ0n) is 12.2. The van der Waals surface area contributed by atoms with Gasteiger partial charge in [0, 0.05) is 9.75 Å². The summed E-state index contributed by atoms with van der Waals surface area (Å²) in [5.74, 6) is -0.304. The van der Waals surface area contributed by atoms with Gasteiger partial charge in [-0.15, -0.1) is 22.7 Å². The largest absolute Gasteiger partial charge is 0.339 e. The van der Waals surface area contributed by atoms with Crippen LogP contribution in [0.5, 0.6) is 0 Å². The minimum absolute atomic E-state index is 0.304. The number of halogens is 1. The van der Waals surface area contributed by atoms with Crippen molar-refractivity contribution in [3.05, 3.63) is 74.9 Å². The molecule has 23 heavy (non-hydrogen) atoms. The molecule has 0 amide bonds. The molecule has 0 aliphatic heterocycles. The van der Waals surface area contributed by atoms with Crippen LogP contribution < -0.4 is 5.32 Å². The number of nitrogens with one attached hydrogen (secondary N) is 1. The summed E-state index contributed by atoms with van der Waals surface area (Å²) in [6.07, 6.45) is 0. The Bertz CT molecular complexity index is 718. The molecule has 1 N–H and O–H groups in total. The lowest BCUT2D eigenvalue weighted by molar-refractivity contribution is 0.420. The third-order valence-corrected chi connectivity index (χ3v) is 5.34. The highest BCUT2D eigenvalue weighted by Crippen LogP contribution is 2.19. The van der Waals surface area contributed by atoms with Crippen molar-refractivity contribution in [1.29, 1.82) is 0 Å². The Morgan fingerprint density at radius 1 is 0.957 bits per heavy atom. The molecule has 0 fully saturated rings. The van der Waals surface area contributed by atoms with Gasteiger partial charge >= 0.3 is 0 Å². The van der Waals surface area contributed by atoms with Crippen molar-refractivity contribution < 1.29 is 4.39 Å². The molecule has 2 aromatic heterocycles. The quantitative estimate of drug-likeness (QED) is 0.616. The van der Waals surface area contributed by atoms with Gasteiger partial charge in [-0.1, -0.05) is 24.3 Å². The summed E-state index contributed by atoms with van der Waals surface area (Å²) < 4.78 is 13.8. The molecule has 0 radical (unpaired) electrons. The Balaban J connectivity index is 1.76. The number of para-hydroxylation sites is 1. The van der Waals surface area contributed by atoms with Gasteiger partial charge < -0.3 is 10.2 Å². The lowest BCUT2D eigenvalue weighted by atomic mass is 10.3. The van der Waals surface area contributed by atoms with Crippen molar-refractivity contribution >= 4 is 45.7 Å². The van der Waals surface area contributed by atoms with Crippen LogP contribution in [0.3, 0.4) is 0 Å². The number of anilines is 1. The van der Waals surface area contributed by atoms with Gasteiger partial charge in [0.25, 0.3) is 0 Å². The Morgan fingerprint density at radius 3 is 2.09 bits per heavy atom. The van der Waals surface area contributed by atoms with Gasteiger partial charge in [0.1, 0.15) is 5.82 Å². The molecule has 0 saturated carbocycles. The van der Waals surface area contributed by atoms with Gasteiger partial charge in [0.2, 0.25) is 0 Å². The van der Waals surface area contributed by atoms with E-state index in [9.17, 15) is 4.39 Å². The van der Waals surface area contributed by atoms with E-state index in [-0.39, 0.29) is 5.82 Å². The van der Waals surface area contributed by atoms with Crippen LogP contribution >= 0.6 is 34.9 Å². The van der Waals surface area contributed by atoms with Crippen molar-refractivity contribution in [3.8, 4) is 0 Å². The van der Waals surface area contributed by atoms with Gasteiger partial charge in [0.15, 0.2) is 5.11 Å². The number of thiophene rings is 2. The third-order valence-electron chi connectivity index (χ3n) is 3.26. The second-order valence-electron chi connectivity index (χ2n) is 4.92. The van der Waals surface area contributed by atoms with E-state index in [0.717, 1.165) is 0 Å². The Morgan fingerprint density at radius 2 is 1.57 bits per heavy atom. The van der Waals surface area contributed by atoms with Crippen LogP contribution in [0.1, 0.15) is 9.75 Å². The summed E-state index contributed by atoms with van der Waals surface area (Å²) >= 11 is 8.90. The van der Waals surface area contributed by atoms with Gasteiger partial charge in [-0.2, -0.15) is 0 Å². The maximum atomic E-state index is 13.8. The van der Waals surface area contributed by atoms with Crippen LogP contribution in [0, 0.1) is 5.82 Å². The average molecular weight is 363 g/mol. The Labute approximate surface area is 148 Å². The molecule has 2 nitrogen and oxygen atoms in total. The summed E-state index contributed by atoms with van der Waals surface area (Å²) in [6, 6.07) is 14.8. The molecular weight excluding hydrogens is 347 g/mol. The predicted octanol–water partition coefficient (Wildman–Crippen LogP) is 5.35. The van der Waals surface area contributed by atoms with E-state index in [1.807, 2.05) is 22.9 Å². The molecule has 0 saturated heterocycles. The molecule has 0 spiro atoms. The second-order valence-corrected chi connectivity index (χ2v) is 7.38. The minimum Gasteiger partial charge on any atom is -0.339 e. The van der Waals surface area contributed by atoms with Crippen molar-refractivity contribution in [3.63, 3.8) is 0 Å². The van der Waals surface area contributed by atoms with Gasteiger partial charge in [0.05, 0.1) is 18.8 Å². The molecule has 2 heterocycles. The van der Waals surface area contributed by atoms with E-state index in [1.54, 1.807) is 40.9 Å². The fourth-order valence-corrected chi connectivity index (χ4v) is 3.82. The molecule has 0 aliphatic carbocycles. The van der Waals surface area contributed by atoms with Gasteiger partial charge in [-0.3, -0.25) is 0 Å². The zero-order chi connectivity index (χ0) is 16.1. The Kier molecular flexibility index (Phi) is 5.38. The molecule has 0 bridgehead atoms. The first-order valence-corrected chi connectivity index (χ1v) is 9.24. The fourth-order valence-electron chi connectivity index (χ4n) is 2.14. The molecule has 118 valence electrons. The maximum Gasteiger partial charge on any atom is 0.174 e. The normalized spacial score (nSPS) is 10.5. The number of benzene rings is 1. The van der Waals surface area contributed by atoms with Crippen LogP contribution in [0.2, 0.25) is 0 Å². The highest BCUT2D eigenvalue weighted by atomic mass is 32.1. The van der Waals surface area contributed by atoms with Crippen LogP contribution in [0.25, 0.3) is 0 Å². The molecule has 3 aromatic rings. The second kappa shape index (κ2) is 7.68. The van der Waals surface area contributed by atoms with Crippen LogP contribution in [0.15, 0.2) is 59.3 Å². The molecule has 3 rings (SSSR count). The van der Waals surface area contributed by atoms with E-state index >= 15 is 0 Å². The summed E-state index contributed by atoms with van der Waals surface area (Å²) in [4.78, 5) is 4.50. The summed E-state index contributed by atoms with van der Waals surface area (Å²) in [7, 11) is 0. The topological polar surface area (TPSA) is 15.3 Å². The van der Waals surface area contributed by atoms with E-state index in [4.69, 9.17) is 12.2 Å². The molecule has 0 aliphatic rings. The first-order valence-electron chi connectivity index (χ1n) is 7.07. The summed E-state index contributed by atoms with van der Waals surface area (Å²) in [5, 5.41) is 7.65. The molecule has 0 atom stereocenters. The van der Waals surface area contributed by atoms with Crippen molar-refractivity contribution in [2.24, 2.45) is 0 Å². The highest BCUT2D eigenvalue weighted by Gasteiger charge is 2.14. The lowest BCUT2D eigenvalue weighted by Crippen LogP contribution is -2.33. The lowest BCUT2D eigenvalue weighted by Gasteiger charge is -2.25. The SMILES string of the molecule is Fc1ccccc1NC(=S)N(Cc1cccs1)Cc1cccs1. The molecular formula is C17H15FN2S3. The number of hydrogen-bond donors (Lipinski definition) is 1. The maximum absolute atomic E-state index is 13.8. The number of thiocarbonyl (C=S) groups is 1. The van der Waals surface area contributed by atoms with E-state index in [0.29, 0.717) is 23.9 Å². The van der Waals surface area contributed by atoms with E-state index in [1.165, 1.54) is 15.8 Å². The van der Waals surface area contributed by atoms with E-state index in [2.05, 4.69) is 22.3 Å². The van der Waals surface area contributed by atoms with Crippen molar-refractivity contribution in [2.45, 2.75) is 13.1 Å². The number of hydrogen-bond acceptors (Lipinski definition) is 3. The Hall–Kier alpha value is -1.76. The smallest absolute Gasteiger partial charge is 0.174 e. The molecule has 1 aromatic carbocycles. The standard InChI is InChI=1S/C17H15FN2S3/c18-15-7-1-2-8-16(15)19-17(21)20(11-13-5-3-9-22-13)12-14-6-4-10-23-14/h1-10H,11-12H2,(H,19,21). The number of nitrogens with zero attached hydrogens (tertiary/aromatic N) is 1. The predicted molar refractivity (Wildman–Crippen MR) is 101 cm³/mol. The van der Waals surface area contributed by atoms with Crippen LogP contribution in [0.4, 0.5) is 10.1 Å². The molecule has 0 unspecified atom stereocenters. The first kappa shape index (κ1) is 16.1. The first-order chi connectivity index (χ1) is 11.2. The third kappa shape index (κ3) is 4.37. The monoisotopic (exact) mass is 362 g/mol. The number of rotatable bonds is 5. The summed E-state index contributed by atoms with van der Waals surface area (Å²) in [5.41, 5.74) is 0.403. The van der Waals surface area contributed by atoms with Crippen LogP contribution in [-0.4, -0.2) is 10.0 Å². The van der Waals surface area contributed by atoms with Crippen molar-refractivity contribution in [2.75, 3.05) is 5.32 Å². The fraction of sp³-hybridized carbons (Fsp3) is 0.118. The average Bonchev–Trinajstić information content (AvgIpc) is 3.22. The minimum atomic E-state index is -0.304.